The Morgan fingerprint density at radius 3 is 2.33 bits per heavy atom. The zero-order valence-electron chi connectivity index (χ0n) is 13.0. The van der Waals surface area contributed by atoms with E-state index in [1.807, 2.05) is 50.2 Å². The molecule has 0 amide bonds. The molecule has 0 heterocycles. The number of ether oxygens (including phenoxy) is 1. The van der Waals surface area contributed by atoms with E-state index in [4.69, 9.17) is 4.74 Å². The predicted molar refractivity (Wildman–Crippen MR) is 86.7 cm³/mol. The number of aryl methyl sites for hydroxylation is 1. The quantitative estimate of drug-likeness (QED) is 0.845. The topological polar surface area (TPSA) is 29.5 Å². The summed E-state index contributed by atoms with van der Waals surface area (Å²) in [5.41, 5.74) is 3.06. The van der Waals surface area contributed by atoms with Crippen LogP contribution < -0.4 is 4.74 Å². The molecule has 21 heavy (non-hydrogen) atoms. The summed E-state index contributed by atoms with van der Waals surface area (Å²) in [7, 11) is 0. The van der Waals surface area contributed by atoms with Crippen molar-refractivity contribution in [2.24, 2.45) is 0 Å². The number of aliphatic hydroxyl groups is 1. The maximum Gasteiger partial charge on any atom is 0.120 e. The van der Waals surface area contributed by atoms with E-state index in [0.717, 1.165) is 29.7 Å². The Hall–Kier alpha value is -1.80. The fraction of sp³-hybridized carbons (Fsp3) is 0.368. The summed E-state index contributed by atoms with van der Waals surface area (Å²) < 4.78 is 5.69. The van der Waals surface area contributed by atoms with Crippen LogP contribution in [0.15, 0.2) is 48.5 Å². The van der Waals surface area contributed by atoms with Gasteiger partial charge in [-0.3, -0.25) is 0 Å². The fourth-order valence-electron chi connectivity index (χ4n) is 2.43. The average molecular weight is 284 g/mol. The van der Waals surface area contributed by atoms with Gasteiger partial charge in [0.15, 0.2) is 0 Å². The SMILES string of the molecule is CCCc1cccc(C(O)c2cccc(OC(C)C)c2)c1. The highest BCUT2D eigenvalue weighted by Gasteiger charge is 2.12. The first-order valence-corrected chi connectivity index (χ1v) is 7.63. The third-order valence-corrected chi connectivity index (χ3v) is 3.35. The Kier molecular flexibility index (Phi) is 5.40. The van der Waals surface area contributed by atoms with E-state index in [-0.39, 0.29) is 6.10 Å². The fourth-order valence-corrected chi connectivity index (χ4v) is 2.43. The minimum absolute atomic E-state index is 0.130. The lowest BCUT2D eigenvalue weighted by atomic mass is 9.98. The average Bonchev–Trinajstić information content (AvgIpc) is 2.47. The van der Waals surface area contributed by atoms with Gasteiger partial charge in [0.05, 0.1) is 6.10 Å². The summed E-state index contributed by atoms with van der Waals surface area (Å²) in [5, 5.41) is 10.6. The summed E-state index contributed by atoms with van der Waals surface area (Å²) in [6.45, 7) is 6.16. The summed E-state index contributed by atoms with van der Waals surface area (Å²) in [6.07, 6.45) is 1.66. The Bertz CT molecular complexity index is 575. The molecule has 0 fully saturated rings. The molecular formula is C19H24O2. The molecule has 0 aliphatic rings. The molecule has 0 aliphatic carbocycles. The smallest absolute Gasteiger partial charge is 0.120 e. The van der Waals surface area contributed by atoms with E-state index in [9.17, 15) is 5.11 Å². The molecule has 2 aromatic carbocycles. The van der Waals surface area contributed by atoms with Crippen LogP contribution in [0, 0.1) is 0 Å². The van der Waals surface area contributed by atoms with Gasteiger partial charge in [-0.25, -0.2) is 0 Å². The van der Waals surface area contributed by atoms with E-state index in [0.29, 0.717) is 0 Å². The third-order valence-electron chi connectivity index (χ3n) is 3.35. The first kappa shape index (κ1) is 15.6. The number of benzene rings is 2. The van der Waals surface area contributed by atoms with Crippen LogP contribution in [-0.2, 0) is 6.42 Å². The van der Waals surface area contributed by atoms with Gasteiger partial charge in [-0.05, 0) is 49.1 Å². The lowest BCUT2D eigenvalue weighted by Gasteiger charge is -2.15. The molecular weight excluding hydrogens is 260 g/mol. The zero-order valence-corrected chi connectivity index (χ0v) is 13.0. The lowest BCUT2D eigenvalue weighted by Crippen LogP contribution is -2.06. The van der Waals surface area contributed by atoms with Gasteiger partial charge in [-0.15, -0.1) is 0 Å². The Morgan fingerprint density at radius 2 is 1.67 bits per heavy atom. The van der Waals surface area contributed by atoms with Gasteiger partial charge in [0.25, 0.3) is 0 Å². The maximum absolute atomic E-state index is 10.6. The molecule has 0 saturated carbocycles. The summed E-state index contributed by atoms with van der Waals surface area (Å²) >= 11 is 0. The number of hydrogen-bond donors (Lipinski definition) is 1. The Labute approximate surface area is 127 Å². The van der Waals surface area contributed by atoms with E-state index in [1.165, 1.54) is 5.56 Å². The van der Waals surface area contributed by atoms with Crippen molar-refractivity contribution in [3.8, 4) is 5.75 Å². The number of hydrogen-bond acceptors (Lipinski definition) is 2. The lowest BCUT2D eigenvalue weighted by molar-refractivity contribution is 0.216. The van der Waals surface area contributed by atoms with Crippen molar-refractivity contribution in [1.29, 1.82) is 0 Å². The van der Waals surface area contributed by atoms with Crippen LogP contribution in [0.3, 0.4) is 0 Å². The van der Waals surface area contributed by atoms with Crippen molar-refractivity contribution in [1.82, 2.24) is 0 Å². The van der Waals surface area contributed by atoms with E-state index >= 15 is 0 Å². The van der Waals surface area contributed by atoms with Crippen LogP contribution in [0.1, 0.15) is 50.0 Å². The van der Waals surface area contributed by atoms with Crippen molar-refractivity contribution < 1.29 is 9.84 Å². The van der Waals surface area contributed by atoms with Crippen molar-refractivity contribution in [3.05, 3.63) is 65.2 Å². The molecule has 1 N–H and O–H groups in total. The zero-order chi connectivity index (χ0) is 15.2. The van der Waals surface area contributed by atoms with Gasteiger partial charge in [0.1, 0.15) is 11.9 Å². The molecule has 112 valence electrons. The van der Waals surface area contributed by atoms with Crippen molar-refractivity contribution in [3.63, 3.8) is 0 Å². The van der Waals surface area contributed by atoms with Crippen molar-refractivity contribution >= 4 is 0 Å². The molecule has 2 nitrogen and oxygen atoms in total. The molecule has 2 rings (SSSR count). The van der Waals surface area contributed by atoms with E-state index in [2.05, 4.69) is 19.1 Å². The molecule has 2 heteroatoms. The monoisotopic (exact) mass is 284 g/mol. The van der Waals surface area contributed by atoms with Crippen molar-refractivity contribution in [2.75, 3.05) is 0 Å². The normalized spacial score (nSPS) is 12.4. The maximum atomic E-state index is 10.6. The minimum atomic E-state index is -0.613. The second-order valence-electron chi connectivity index (χ2n) is 5.64. The van der Waals surface area contributed by atoms with Gasteiger partial charge in [-0.1, -0.05) is 49.7 Å². The Balaban J connectivity index is 2.22. The summed E-state index contributed by atoms with van der Waals surface area (Å²) in [6, 6.07) is 15.9. The molecule has 0 spiro atoms. The first-order chi connectivity index (χ1) is 10.1. The van der Waals surface area contributed by atoms with Crippen LogP contribution in [0.25, 0.3) is 0 Å². The van der Waals surface area contributed by atoms with Gasteiger partial charge in [0, 0.05) is 0 Å². The first-order valence-electron chi connectivity index (χ1n) is 7.63. The van der Waals surface area contributed by atoms with E-state index < -0.39 is 6.10 Å². The Morgan fingerprint density at radius 1 is 1.00 bits per heavy atom. The highest BCUT2D eigenvalue weighted by Crippen LogP contribution is 2.26. The second-order valence-corrected chi connectivity index (χ2v) is 5.64. The number of rotatable bonds is 6. The minimum Gasteiger partial charge on any atom is -0.491 e. The van der Waals surface area contributed by atoms with Crippen LogP contribution in [0.2, 0.25) is 0 Å². The standard InChI is InChI=1S/C19H24O2/c1-4-7-15-8-5-9-16(12-15)19(20)17-10-6-11-18(13-17)21-14(2)3/h5-6,8-14,19-20H,4,7H2,1-3H3. The molecule has 1 atom stereocenters. The van der Waals surface area contributed by atoms with E-state index in [1.54, 1.807) is 0 Å². The molecule has 2 aromatic rings. The predicted octanol–water partition coefficient (Wildman–Crippen LogP) is 4.51. The van der Waals surface area contributed by atoms with Gasteiger partial charge >= 0.3 is 0 Å². The summed E-state index contributed by atoms with van der Waals surface area (Å²) in [4.78, 5) is 0. The number of aliphatic hydroxyl groups excluding tert-OH is 1. The van der Waals surface area contributed by atoms with Crippen LogP contribution in [0.5, 0.6) is 5.75 Å². The highest BCUT2D eigenvalue weighted by molar-refractivity contribution is 5.36. The molecule has 0 aromatic heterocycles. The molecule has 0 radical (unpaired) electrons. The second kappa shape index (κ2) is 7.28. The van der Waals surface area contributed by atoms with Crippen LogP contribution >= 0.6 is 0 Å². The molecule has 0 aliphatic heterocycles. The van der Waals surface area contributed by atoms with Gasteiger partial charge in [0.2, 0.25) is 0 Å². The third kappa shape index (κ3) is 4.33. The molecule has 0 saturated heterocycles. The molecule has 0 bridgehead atoms. The molecule has 1 unspecified atom stereocenters. The van der Waals surface area contributed by atoms with Crippen molar-refractivity contribution in [2.45, 2.75) is 45.8 Å². The largest absolute Gasteiger partial charge is 0.491 e. The van der Waals surface area contributed by atoms with Gasteiger partial charge in [-0.2, -0.15) is 0 Å². The van der Waals surface area contributed by atoms with Crippen LogP contribution in [-0.4, -0.2) is 11.2 Å². The summed E-state index contributed by atoms with van der Waals surface area (Å²) in [5.74, 6) is 0.797. The van der Waals surface area contributed by atoms with Gasteiger partial charge < -0.3 is 9.84 Å². The highest BCUT2D eigenvalue weighted by atomic mass is 16.5. The van der Waals surface area contributed by atoms with Crippen LogP contribution in [0.4, 0.5) is 0 Å².